The second kappa shape index (κ2) is 7.37. The van der Waals surface area contributed by atoms with E-state index in [0.29, 0.717) is 28.4 Å². The molecule has 0 aliphatic rings. The zero-order valence-electron chi connectivity index (χ0n) is 13.8. The molecule has 1 aromatic heterocycles. The third kappa shape index (κ3) is 4.07. The lowest BCUT2D eigenvalue weighted by Crippen LogP contribution is -2.12. The van der Waals surface area contributed by atoms with Crippen LogP contribution in [0.2, 0.25) is 5.02 Å². The highest BCUT2D eigenvalue weighted by atomic mass is 35.5. The first-order valence-electron chi connectivity index (χ1n) is 7.75. The van der Waals surface area contributed by atoms with Crippen LogP contribution in [-0.4, -0.2) is 20.6 Å². The number of carbonyl (C=O) groups excluding carboxylic acids is 1. The van der Waals surface area contributed by atoms with Gasteiger partial charge in [-0.15, -0.1) is 0 Å². The van der Waals surface area contributed by atoms with Gasteiger partial charge >= 0.3 is 0 Å². The molecule has 0 atom stereocenters. The number of hydrogen-bond acceptors (Lipinski definition) is 4. The molecular formula is C18H15ClN4O3. The summed E-state index contributed by atoms with van der Waals surface area (Å²) in [5.41, 5.74) is 2.33. The van der Waals surface area contributed by atoms with Crippen molar-refractivity contribution in [2.75, 3.05) is 5.32 Å². The first-order chi connectivity index (χ1) is 12.4. The maximum absolute atomic E-state index is 12.3. The van der Waals surface area contributed by atoms with Crippen LogP contribution in [0.5, 0.6) is 0 Å². The summed E-state index contributed by atoms with van der Waals surface area (Å²) < 4.78 is 1.69. The van der Waals surface area contributed by atoms with Crippen LogP contribution >= 0.6 is 11.6 Å². The normalized spacial score (nSPS) is 10.5. The quantitative estimate of drug-likeness (QED) is 0.541. The van der Waals surface area contributed by atoms with E-state index in [-0.39, 0.29) is 11.6 Å². The van der Waals surface area contributed by atoms with E-state index in [1.807, 2.05) is 12.1 Å². The summed E-state index contributed by atoms with van der Waals surface area (Å²) in [7, 11) is 0. The maximum atomic E-state index is 12.3. The molecule has 3 aromatic rings. The molecule has 132 valence electrons. The average molecular weight is 371 g/mol. The van der Waals surface area contributed by atoms with Crippen LogP contribution in [0.1, 0.15) is 21.5 Å². The van der Waals surface area contributed by atoms with E-state index in [1.54, 1.807) is 36.1 Å². The fraction of sp³-hybridized carbons (Fsp3) is 0.111. The predicted octanol–water partition coefficient (Wildman–Crippen LogP) is 4.05. The van der Waals surface area contributed by atoms with Gasteiger partial charge in [-0.2, -0.15) is 5.10 Å². The summed E-state index contributed by atoms with van der Waals surface area (Å²) >= 11 is 5.87. The molecule has 26 heavy (non-hydrogen) atoms. The summed E-state index contributed by atoms with van der Waals surface area (Å²) in [6.45, 7) is 2.14. The first-order valence-corrected chi connectivity index (χ1v) is 8.13. The van der Waals surface area contributed by atoms with Gasteiger partial charge in [0.05, 0.1) is 23.4 Å². The van der Waals surface area contributed by atoms with Crippen molar-refractivity contribution in [1.29, 1.82) is 0 Å². The van der Waals surface area contributed by atoms with Crippen molar-refractivity contribution in [2.45, 2.75) is 13.5 Å². The Morgan fingerprint density at radius 3 is 2.65 bits per heavy atom. The summed E-state index contributed by atoms with van der Waals surface area (Å²) in [5.74, 6) is -0.353. The number of aromatic nitrogens is 2. The number of hydrogen-bond donors (Lipinski definition) is 1. The third-order valence-corrected chi connectivity index (χ3v) is 4.06. The minimum Gasteiger partial charge on any atom is -0.319 e. The van der Waals surface area contributed by atoms with Gasteiger partial charge in [0.25, 0.3) is 11.6 Å². The largest absolute Gasteiger partial charge is 0.319 e. The second-order valence-electron chi connectivity index (χ2n) is 5.77. The van der Waals surface area contributed by atoms with Gasteiger partial charge in [0, 0.05) is 28.4 Å². The van der Waals surface area contributed by atoms with Crippen LogP contribution < -0.4 is 5.32 Å². The number of amides is 1. The van der Waals surface area contributed by atoms with Crippen molar-refractivity contribution in [1.82, 2.24) is 9.78 Å². The van der Waals surface area contributed by atoms with Crippen LogP contribution in [0.15, 0.2) is 54.9 Å². The number of nitro groups is 1. The van der Waals surface area contributed by atoms with E-state index in [0.717, 1.165) is 5.56 Å². The minimum atomic E-state index is -0.474. The number of aryl methyl sites for hydroxylation is 1. The standard InChI is InChI=1S/C18H15ClN4O3/c1-12-8-14(4-7-17(12)23(25)26)18(24)21-16-9-20-22(11-16)10-13-2-5-15(19)6-3-13/h2-9,11H,10H2,1H3,(H,21,24). The van der Waals surface area contributed by atoms with E-state index >= 15 is 0 Å². The average Bonchev–Trinajstić information content (AvgIpc) is 3.03. The Morgan fingerprint density at radius 2 is 2.00 bits per heavy atom. The van der Waals surface area contributed by atoms with Gasteiger partial charge in [-0.1, -0.05) is 23.7 Å². The van der Waals surface area contributed by atoms with E-state index in [9.17, 15) is 14.9 Å². The molecule has 0 unspecified atom stereocenters. The zero-order chi connectivity index (χ0) is 18.7. The van der Waals surface area contributed by atoms with Crippen molar-refractivity contribution in [3.05, 3.63) is 86.7 Å². The number of nitrogens with zero attached hydrogens (tertiary/aromatic N) is 3. The molecule has 1 amide bonds. The van der Waals surface area contributed by atoms with Crippen molar-refractivity contribution >= 4 is 28.9 Å². The topological polar surface area (TPSA) is 90.1 Å². The summed E-state index contributed by atoms with van der Waals surface area (Å²) in [4.78, 5) is 22.7. The lowest BCUT2D eigenvalue weighted by molar-refractivity contribution is -0.385. The fourth-order valence-corrected chi connectivity index (χ4v) is 2.62. The molecule has 1 N–H and O–H groups in total. The summed E-state index contributed by atoms with van der Waals surface area (Å²) in [5, 5.41) is 18.5. The Balaban J connectivity index is 1.68. The number of benzene rings is 2. The van der Waals surface area contributed by atoms with Gasteiger partial charge in [-0.25, -0.2) is 0 Å². The molecule has 0 radical (unpaired) electrons. The Labute approximate surface area is 154 Å². The van der Waals surface area contributed by atoms with E-state index < -0.39 is 4.92 Å². The van der Waals surface area contributed by atoms with Gasteiger partial charge in [-0.05, 0) is 36.8 Å². The summed E-state index contributed by atoms with van der Waals surface area (Å²) in [6.07, 6.45) is 3.26. The van der Waals surface area contributed by atoms with Gasteiger partial charge in [0.2, 0.25) is 0 Å². The number of anilines is 1. The van der Waals surface area contributed by atoms with E-state index in [1.165, 1.54) is 18.2 Å². The number of nitro benzene ring substituents is 1. The van der Waals surface area contributed by atoms with Crippen molar-refractivity contribution in [2.24, 2.45) is 0 Å². The van der Waals surface area contributed by atoms with Gasteiger partial charge in [-0.3, -0.25) is 19.6 Å². The first kappa shape index (κ1) is 17.6. The molecule has 7 nitrogen and oxygen atoms in total. The predicted molar refractivity (Wildman–Crippen MR) is 98.6 cm³/mol. The molecule has 0 fully saturated rings. The molecule has 0 aliphatic carbocycles. The Morgan fingerprint density at radius 1 is 1.27 bits per heavy atom. The van der Waals surface area contributed by atoms with Crippen molar-refractivity contribution < 1.29 is 9.72 Å². The molecule has 0 aliphatic heterocycles. The van der Waals surface area contributed by atoms with Crippen LogP contribution in [0.3, 0.4) is 0 Å². The van der Waals surface area contributed by atoms with Crippen molar-refractivity contribution in [3.63, 3.8) is 0 Å². The molecule has 3 rings (SSSR count). The molecular weight excluding hydrogens is 356 g/mol. The number of halogens is 1. The lowest BCUT2D eigenvalue weighted by atomic mass is 10.1. The fourth-order valence-electron chi connectivity index (χ4n) is 2.50. The second-order valence-corrected chi connectivity index (χ2v) is 6.20. The van der Waals surface area contributed by atoms with Gasteiger partial charge in [0.15, 0.2) is 0 Å². The maximum Gasteiger partial charge on any atom is 0.272 e. The van der Waals surface area contributed by atoms with E-state index in [4.69, 9.17) is 11.6 Å². The van der Waals surface area contributed by atoms with Crippen LogP contribution in [0, 0.1) is 17.0 Å². The zero-order valence-corrected chi connectivity index (χ0v) is 14.6. The Kier molecular flexibility index (Phi) is 4.99. The molecule has 0 spiro atoms. The minimum absolute atomic E-state index is 0.0164. The summed E-state index contributed by atoms with van der Waals surface area (Å²) in [6, 6.07) is 11.7. The smallest absolute Gasteiger partial charge is 0.272 e. The number of rotatable bonds is 5. The Bertz CT molecular complexity index is 967. The molecule has 0 saturated carbocycles. The molecule has 8 heteroatoms. The highest BCUT2D eigenvalue weighted by Gasteiger charge is 2.14. The van der Waals surface area contributed by atoms with Gasteiger partial charge in [0.1, 0.15) is 0 Å². The molecule has 2 aromatic carbocycles. The van der Waals surface area contributed by atoms with E-state index in [2.05, 4.69) is 10.4 Å². The number of carbonyl (C=O) groups is 1. The Hall–Kier alpha value is -3.19. The molecule has 0 bridgehead atoms. The molecule has 1 heterocycles. The van der Waals surface area contributed by atoms with Crippen LogP contribution in [0.4, 0.5) is 11.4 Å². The number of nitrogens with one attached hydrogen (secondary N) is 1. The SMILES string of the molecule is Cc1cc(C(=O)Nc2cnn(Cc3ccc(Cl)cc3)c2)ccc1[N+](=O)[O-]. The monoisotopic (exact) mass is 370 g/mol. The third-order valence-electron chi connectivity index (χ3n) is 3.80. The molecule has 0 saturated heterocycles. The van der Waals surface area contributed by atoms with Crippen molar-refractivity contribution in [3.8, 4) is 0 Å². The highest BCUT2D eigenvalue weighted by Crippen LogP contribution is 2.19. The van der Waals surface area contributed by atoms with Gasteiger partial charge < -0.3 is 5.32 Å². The van der Waals surface area contributed by atoms with Crippen LogP contribution in [0.25, 0.3) is 0 Å². The van der Waals surface area contributed by atoms with Crippen LogP contribution in [-0.2, 0) is 6.54 Å². The highest BCUT2D eigenvalue weighted by molar-refractivity contribution is 6.30. The lowest BCUT2D eigenvalue weighted by Gasteiger charge is -2.04.